The molecule has 0 unspecified atom stereocenters. The van der Waals surface area contributed by atoms with Gasteiger partial charge < -0.3 is 5.32 Å². The van der Waals surface area contributed by atoms with E-state index in [-0.39, 0.29) is 5.69 Å². The third kappa shape index (κ3) is 3.51. The maximum absolute atomic E-state index is 12.7. The first-order valence-corrected chi connectivity index (χ1v) is 7.82. The Morgan fingerprint density at radius 2 is 2.00 bits per heavy atom. The number of hydrogen-bond acceptors (Lipinski definition) is 3. The zero-order valence-electron chi connectivity index (χ0n) is 14.2. The van der Waals surface area contributed by atoms with E-state index in [0.717, 1.165) is 23.0 Å². The Morgan fingerprint density at radius 1 is 1.30 bits per heavy atom. The summed E-state index contributed by atoms with van der Waals surface area (Å²) >= 11 is 0. The summed E-state index contributed by atoms with van der Waals surface area (Å²) in [7, 11) is 3.67. The molecule has 0 saturated carbocycles. The number of likely N-dealkylation sites (N-methyl/N-ethyl adjacent to an activating group) is 1. The van der Waals surface area contributed by atoms with Crippen LogP contribution in [0.4, 0.5) is 0 Å². The Labute approximate surface area is 136 Å². The molecule has 122 valence electrons. The highest BCUT2D eigenvalue weighted by molar-refractivity contribution is 5.83. The molecular formula is C18H24N4O. The van der Waals surface area contributed by atoms with Crippen LogP contribution in [0.1, 0.15) is 20.3 Å². The summed E-state index contributed by atoms with van der Waals surface area (Å²) in [6.45, 7) is 4.73. The number of aryl methyl sites for hydroxylation is 1. The Kier molecular flexibility index (Phi) is 5.71. The third-order valence-corrected chi connectivity index (χ3v) is 3.65. The van der Waals surface area contributed by atoms with Crippen molar-refractivity contribution in [1.82, 2.24) is 14.5 Å². The van der Waals surface area contributed by atoms with Crippen molar-refractivity contribution in [2.24, 2.45) is 12.0 Å². The number of hydrogen-bond donors (Lipinski definition) is 1. The molecule has 5 nitrogen and oxygen atoms in total. The van der Waals surface area contributed by atoms with Crippen LogP contribution in [0.3, 0.4) is 0 Å². The van der Waals surface area contributed by atoms with Gasteiger partial charge in [0, 0.05) is 19.8 Å². The molecule has 0 aliphatic rings. The second kappa shape index (κ2) is 7.74. The Hall–Kier alpha value is -2.40. The lowest BCUT2D eigenvalue weighted by molar-refractivity contribution is 0.830. The van der Waals surface area contributed by atoms with Crippen LogP contribution in [0.15, 0.2) is 51.8 Å². The molecule has 5 heteroatoms. The first-order valence-electron chi connectivity index (χ1n) is 7.82. The number of nitrogens with zero attached hydrogens (tertiary/aromatic N) is 3. The minimum atomic E-state index is -0.0896. The van der Waals surface area contributed by atoms with Crippen molar-refractivity contribution >= 4 is 23.1 Å². The monoisotopic (exact) mass is 312 g/mol. The van der Waals surface area contributed by atoms with E-state index in [9.17, 15) is 4.79 Å². The van der Waals surface area contributed by atoms with Gasteiger partial charge in [-0.3, -0.25) is 4.57 Å². The molecule has 0 radical (unpaired) electrons. The Bertz CT molecular complexity index is 821. The lowest BCUT2D eigenvalue weighted by Gasteiger charge is -2.09. The van der Waals surface area contributed by atoms with Crippen LogP contribution in [0, 0.1) is 0 Å². The molecule has 0 aliphatic heterocycles. The van der Waals surface area contributed by atoms with E-state index in [1.165, 1.54) is 0 Å². The van der Waals surface area contributed by atoms with Crippen molar-refractivity contribution in [3.8, 4) is 0 Å². The molecule has 0 aliphatic carbocycles. The number of nitrogens with one attached hydrogen (secondary N) is 1. The topological polar surface area (TPSA) is 51.3 Å². The summed E-state index contributed by atoms with van der Waals surface area (Å²) in [5.41, 5.74) is 2.68. The second-order valence-electron chi connectivity index (χ2n) is 5.41. The largest absolute Gasteiger partial charge is 0.334 e. The SMILES string of the molecule is CC\C=C/C=N\C(=C(/C)CNC)n1c(=O)n(C)c2ccccc21. The summed E-state index contributed by atoms with van der Waals surface area (Å²) < 4.78 is 3.33. The molecular weight excluding hydrogens is 288 g/mol. The van der Waals surface area contributed by atoms with E-state index >= 15 is 0 Å². The first-order chi connectivity index (χ1) is 11.1. The summed E-state index contributed by atoms with van der Waals surface area (Å²) in [4.78, 5) is 17.3. The van der Waals surface area contributed by atoms with Crippen LogP contribution >= 0.6 is 0 Å². The summed E-state index contributed by atoms with van der Waals surface area (Å²) in [6.07, 6.45) is 6.63. The van der Waals surface area contributed by atoms with Crippen molar-refractivity contribution in [2.45, 2.75) is 20.3 Å². The molecule has 2 aromatic rings. The minimum absolute atomic E-state index is 0.0896. The number of para-hydroxylation sites is 2. The van der Waals surface area contributed by atoms with Crippen LogP contribution in [-0.2, 0) is 7.05 Å². The summed E-state index contributed by atoms with van der Waals surface area (Å²) in [5.74, 6) is 0.668. The molecule has 1 N–H and O–H groups in total. The standard InChI is InChI=1S/C18H24N4O/c1-5-6-9-12-20-17(14(2)13-19-3)22-16-11-8-7-10-15(16)21(4)18(22)23/h6-12,19H,5,13H2,1-4H3/b9-6-,17-14-,20-12-. The number of imidazole rings is 1. The average molecular weight is 312 g/mol. The highest BCUT2D eigenvalue weighted by atomic mass is 16.1. The quantitative estimate of drug-likeness (QED) is 0.834. The maximum atomic E-state index is 12.7. The van der Waals surface area contributed by atoms with Gasteiger partial charge >= 0.3 is 5.69 Å². The average Bonchev–Trinajstić information content (AvgIpc) is 2.80. The highest BCUT2D eigenvalue weighted by Crippen LogP contribution is 2.19. The van der Waals surface area contributed by atoms with Gasteiger partial charge in [-0.15, -0.1) is 0 Å². The van der Waals surface area contributed by atoms with E-state index in [1.54, 1.807) is 22.4 Å². The second-order valence-corrected chi connectivity index (χ2v) is 5.41. The van der Waals surface area contributed by atoms with Gasteiger partial charge in [0.2, 0.25) is 0 Å². The van der Waals surface area contributed by atoms with Crippen molar-refractivity contribution in [3.63, 3.8) is 0 Å². The van der Waals surface area contributed by atoms with E-state index in [2.05, 4.69) is 17.2 Å². The maximum Gasteiger partial charge on any atom is 0.334 e. The Morgan fingerprint density at radius 3 is 2.65 bits per heavy atom. The molecule has 2 rings (SSSR count). The molecule has 0 bridgehead atoms. The molecule has 0 amide bonds. The zero-order valence-corrected chi connectivity index (χ0v) is 14.2. The van der Waals surface area contributed by atoms with Gasteiger partial charge in [0.15, 0.2) is 0 Å². The predicted molar refractivity (Wildman–Crippen MR) is 97.9 cm³/mol. The van der Waals surface area contributed by atoms with Gasteiger partial charge in [-0.25, -0.2) is 14.4 Å². The molecule has 1 aromatic heterocycles. The van der Waals surface area contributed by atoms with Crippen LogP contribution in [0.2, 0.25) is 0 Å². The molecule has 1 heterocycles. The van der Waals surface area contributed by atoms with Crippen molar-refractivity contribution in [3.05, 3.63) is 52.5 Å². The fourth-order valence-corrected chi connectivity index (χ4v) is 2.51. The van der Waals surface area contributed by atoms with E-state index in [4.69, 9.17) is 0 Å². The molecule has 0 atom stereocenters. The molecule has 0 spiro atoms. The zero-order chi connectivity index (χ0) is 16.8. The number of aromatic nitrogens is 2. The molecule has 0 fully saturated rings. The number of allylic oxidation sites excluding steroid dienone is 2. The van der Waals surface area contributed by atoms with Gasteiger partial charge in [0.1, 0.15) is 5.82 Å². The van der Waals surface area contributed by atoms with Gasteiger partial charge in [-0.2, -0.15) is 0 Å². The lowest BCUT2D eigenvalue weighted by atomic mass is 10.2. The summed E-state index contributed by atoms with van der Waals surface area (Å²) in [6, 6.07) is 7.76. The minimum Gasteiger partial charge on any atom is -0.316 e. The van der Waals surface area contributed by atoms with E-state index in [1.807, 2.05) is 50.4 Å². The van der Waals surface area contributed by atoms with Crippen molar-refractivity contribution in [1.29, 1.82) is 0 Å². The number of aliphatic imine (C=N–C) groups is 1. The first kappa shape index (κ1) is 17.0. The van der Waals surface area contributed by atoms with Gasteiger partial charge in [-0.1, -0.05) is 25.1 Å². The molecule has 23 heavy (non-hydrogen) atoms. The van der Waals surface area contributed by atoms with Crippen LogP contribution < -0.4 is 11.0 Å². The van der Waals surface area contributed by atoms with E-state index in [0.29, 0.717) is 12.4 Å². The lowest BCUT2D eigenvalue weighted by Crippen LogP contribution is -2.23. The normalized spacial score (nSPS) is 13.4. The van der Waals surface area contributed by atoms with E-state index < -0.39 is 0 Å². The highest BCUT2D eigenvalue weighted by Gasteiger charge is 2.14. The predicted octanol–water partition coefficient (Wildman–Crippen LogP) is 2.78. The van der Waals surface area contributed by atoms with Crippen molar-refractivity contribution in [2.75, 3.05) is 13.6 Å². The van der Waals surface area contributed by atoms with Crippen LogP contribution in [0.25, 0.3) is 16.9 Å². The number of fused-ring (bicyclic) bond motifs is 1. The van der Waals surface area contributed by atoms with Crippen LogP contribution in [0.5, 0.6) is 0 Å². The fourth-order valence-electron chi connectivity index (χ4n) is 2.51. The van der Waals surface area contributed by atoms with Crippen molar-refractivity contribution < 1.29 is 0 Å². The third-order valence-electron chi connectivity index (χ3n) is 3.65. The molecule has 0 saturated heterocycles. The number of rotatable bonds is 6. The Balaban J connectivity index is 2.68. The van der Waals surface area contributed by atoms with Gasteiger partial charge in [0.05, 0.1) is 11.0 Å². The number of benzene rings is 1. The van der Waals surface area contributed by atoms with Gasteiger partial charge in [-0.05, 0) is 44.2 Å². The smallest absolute Gasteiger partial charge is 0.316 e. The fraction of sp³-hybridized carbons (Fsp3) is 0.333. The molecule has 1 aromatic carbocycles. The van der Waals surface area contributed by atoms with Crippen LogP contribution in [-0.4, -0.2) is 28.9 Å². The van der Waals surface area contributed by atoms with Gasteiger partial charge in [0.25, 0.3) is 0 Å². The summed E-state index contributed by atoms with van der Waals surface area (Å²) in [5, 5.41) is 3.12.